The third-order valence-corrected chi connectivity index (χ3v) is 2.26. The van der Waals surface area contributed by atoms with Gasteiger partial charge in [0.25, 0.3) is 0 Å². The molecule has 1 aromatic rings. The first-order chi connectivity index (χ1) is 6.09. The van der Waals surface area contributed by atoms with Crippen molar-refractivity contribution in [2.75, 3.05) is 5.32 Å². The van der Waals surface area contributed by atoms with E-state index in [1.54, 1.807) is 0 Å². The maximum atomic E-state index is 4.38. The van der Waals surface area contributed by atoms with Crippen LogP contribution in [-0.2, 0) is 0 Å². The first kappa shape index (κ1) is 10.0. The zero-order chi connectivity index (χ0) is 9.84. The summed E-state index contributed by atoms with van der Waals surface area (Å²) < 4.78 is 0. The lowest BCUT2D eigenvalue weighted by Crippen LogP contribution is -2.22. The Bertz CT molecular complexity index is 269. The van der Waals surface area contributed by atoms with E-state index in [4.69, 9.17) is 0 Å². The quantitative estimate of drug-likeness (QED) is 0.769. The number of pyridine rings is 1. The Labute approximate surface area is 80.4 Å². The van der Waals surface area contributed by atoms with Crippen molar-refractivity contribution in [2.24, 2.45) is 5.92 Å². The molecular weight excluding hydrogens is 160 g/mol. The molecule has 0 aliphatic rings. The Hall–Kier alpha value is -1.05. The highest BCUT2D eigenvalue weighted by Gasteiger charge is 2.06. The summed E-state index contributed by atoms with van der Waals surface area (Å²) in [5, 5.41) is 3.37. The van der Waals surface area contributed by atoms with Gasteiger partial charge in [-0.05, 0) is 31.9 Å². The predicted octanol–water partition coefficient (Wildman–Crippen LogP) is 2.85. The van der Waals surface area contributed by atoms with Gasteiger partial charge in [-0.25, -0.2) is 4.98 Å². The number of aryl methyl sites for hydroxylation is 1. The van der Waals surface area contributed by atoms with E-state index in [9.17, 15) is 0 Å². The monoisotopic (exact) mass is 178 g/mol. The van der Waals surface area contributed by atoms with Gasteiger partial charge in [-0.2, -0.15) is 0 Å². The van der Waals surface area contributed by atoms with Crippen LogP contribution in [0.2, 0.25) is 0 Å². The van der Waals surface area contributed by atoms with Gasteiger partial charge in [0.1, 0.15) is 5.82 Å². The maximum absolute atomic E-state index is 4.38. The fourth-order valence-corrected chi connectivity index (χ4v) is 1.02. The molecule has 0 aromatic carbocycles. The number of anilines is 1. The first-order valence-electron chi connectivity index (χ1n) is 4.80. The molecule has 1 aromatic heterocycles. The molecule has 0 saturated carbocycles. The molecule has 0 bridgehead atoms. The summed E-state index contributed by atoms with van der Waals surface area (Å²) in [5.41, 5.74) is 1.06. The predicted molar refractivity (Wildman–Crippen MR) is 56.9 cm³/mol. The van der Waals surface area contributed by atoms with E-state index in [-0.39, 0.29) is 0 Å². The molecule has 0 spiro atoms. The summed E-state index contributed by atoms with van der Waals surface area (Å²) in [4.78, 5) is 4.38. The summed E-state index contributed by atoms with van der Waals surface area (Å²) in [6.45, 7) is 8.58. The van der Waals surface area contributed by atoms with Crippen molar-refractivity contribution >= 4 is 5.82 Å². The average molecular weight is 178 g/mol. The minimum absolute atomic E-state index is 0.467. The Morgan fingerprint density at radius 1 is 1.23 bits per heavy atom. The van der Waals surface area contributed by atoms with Crippen molar-refractivity contribution in [3.8, 4) is 0 Å². The highest BCUT2D eigenvalue weighted by atomic mass is 15.0. The normalized spacial score (nSPS) is 13.0. The molecule has 13 heavy (non-hydrogen) atoms. The van der Waals surface area contributed by atoms with Gasteiger partial charge >= 0.3 is 0 Å². The molecule has 2 heteroatoms. The summed E-state index contributed by atoms with van der Waals surface area (Å²) in [7, 11) is 0. The van der Waals surface area contributed by atoms with Gasteiger partial charge in [0.2, 0.25) is 0 Å². The molecular formula is C11H18N2. The van der Waals surface area contributed by atoms with Crippen molar-refractivity contribution in [2.45, 2.75) is 33.7 Å². The number of aromatic nitrogens is 1. The van der Waals surface area contributed by atoms with E-state index in [2.05, 4.69) is 31.1 Å². The van der Waals surface area contributed by atoms with Crippen LogP contribution in [0.1, 0.15) is 26.5 Å². The average Bonchev–Trinajstić information content (AvgIpc) is 2.04. The van der Waals surface area contributed by atoms with Gasteiger partial charge < -0.3 is 5.32 Å². The van der Waals surface area contributed by atoms with Gasteiger partial charge in [-0.3, -0.25) is 0 Å². The van der Waals surface area contributed by atoms with E-state index in [1.807, 2.05) is 25.1 Å². The second kappa shape index (κ2) is 4.26. The standard InChI is InChI=1S/C11H18N2/c1-8(2)10(4)13-11-7-5-6-9(3)12-11/h5-8,10H,1-4H3,(H,12,13)/t10-/m1/s1. The lowest BCUT2D eigenvalue weighted by molar-refractivity contribution is 0.558. The fourth-order valence-electron chi connectivity index (χ4n) is 1.02. The van der Waals surface area contributed by atoms with Gasteiger partial charge in [0.15, 0.2) is 0 Å². The maximum Gasteiger partial charge on any atom is 0.126 e. The molecule has 0 amide bonds. The molecule has 2 nitrogen and oxygen atoms in total. The minimum atomic E-state index is 0.467. The molecule has 1 N–H and O–H groups in total. The molecule has 0 radical (unpaired) electrons. The molecule has 1 rings (SSSR count). The van der Waals surface area contributed by atoms with Crippen molar-refractivity contribution in [3.63, 3.8) is 0 Å². The molecule has 0 fully saturated rings. The Kier molecular flexibility index (Phi) is 3.29. The van der Waals surface area contributed by atoms with Gasteiger partial charge in [0, 0.05) is 11.7 Å². The topological polar surface area (TPSA) is 24.9 Å². The van der Waals surface area contributed by atoms with Gasteiger partial charge in [0.05, 0.1) is 0 Å². The summed E-state index contributed by atoms with van der Waals surface area (Å²) in [6.07, 6.45) is 0. The van der Waals surface area contributed by atoms with Crippen LogP contribution in [0, 0.1) is 12.8 Å². The van der Waals surface area contributed by atoms with Crippen LogP contribution in [-0.4, -0.2) is 11.0 Å². The molecule has 0 aliphatic heterocycles. The summed E-state index contributed by atoms with van der Waals surface area (Å²) >= 11 is 0. The van der Waals surface area contributed by atoms with E-state index >= 15 is 0 Å². The molecule has 72 valence electrons. The van der Waals surface area contributed by atoms with Gasteiger partial charge in [-0.15, -0.1) is 0 Å². The largest absolute Gasteiger partial charge is 0.367 e. The lowest BCUT2D eigenvalue weighted by Gasteiger charge is -2.18. The van der Waals surface area contributed by atoms with Crippen LogP contribution in [0.15, 0.2) is 18.2 Å². The van der Waals surface area contributed by atoms with Crippen LogP contribution in [0.4, 0.5) is 5.82 Å². The number of hydrogen-bond donors (Lipinski definition) is 1. The van der Waals surface area contributed by atoms with Crippen LogP contribution >= 0.6 is 0 Å². The third kappa shape index (κ3) is 3.05. The Morgan fingerprint density at radius 2 is 1.92 bits per heavy atom. The Balaban J connectivity index is 2.64. The summed E-state index contributed by atoms with van der Waals surface area (Å²) in [6, 6.07) is 6.50. The van der Waals surface area contributed by atoms with Crippen LogP contribution < -0.4 is 5.32 Å². The van der Waals surface area contributed by atoms with Crippen molar-refractivity contribution < 1.29 is 0 Å². The second-order valence-electron chi connectivity index (χ2n) is 3.84. The van der Waals surface area contributed by atoms with E-state index in [0.29, 0.717) is 12.0 Å². The number of nitrogens with zero attached hydrogens (tertiary/aromatic N) is 1. The van der Waals surface area contributed by atoms with Crippen molar-refractivity contribution in [1.82, 2.24) is 4.98 Å². The smallest absolute Gasteiger partial charge is 0.126 e. The first-order valence-corrected chi connectivity index (χ1v) is 4.80. The SMILES string of the molecule is Cc1cccc(N[C@H](C)C(C)C)n1. The molecule has 0 unspecified atom stereocenters. The minimum Gasteiger partial charge on any atom is -0.367 e. The second-order valence-corrected chi connectivity index (χ2v) is 3.84. The molecule has 0 saturated heterocycles. The van der Waals surface area contributed by atoms with Crippen molar-refractivity contribution in [3.05, 3.63) is 23.9 Å². The van der Waals surface area contributed by atoms with E-state index < -0.39 is 0 Å². The van der Waals surface area contributed by atoms with Crippen LogP contribution in [0.25, 0.3) is 0 Å². The summed E-state index contributed by atoms with van der Waals surface area (Å²) in [5.74, 6) is 1.60. The zero-order valence-electron chi connectivity index (χ0n) is 8.83. The van der Waals surface area contributed by atoms with E-state index in [1.165, 1.54) is 0 Å². The number of hydrogen-bond acceptors (Lipinski definition) is 2. The molecule has 0 aliphatic carbocycles. The number of nitrogens with one attached hydrogen (secondary N) is 1. The lowest BCUT2D eigenvalue weighted by atomic mass is 10.1. The molecule has 1 heterocycles. The fraction of sp³-hybridized carbons (Fsp3) is 0.545. The van der Waals surface area contributed by atoms with Gasteiger partial charge in [-0.1, -0.05) is 19.9 Å². The van der Waals surface area contributed by atoms with Crippen molar-refractivity contribution in [1.29, 1.82) is 0 Å². The zero-order valence-corrected chi connectivity index (χ0v) is 8.83. The highest BCUT2D eigenvalue weighted by Crippen LogP contribution is 2.09. The van der Waals surface area contributed by atoms with E-state index in [0.717, 1.165) is 11.5 Å². The Morgan fingerprint density at radius 3 is 2.46 bits per heavy atom. The molecule has 1 atom stereocenters. The van der Waals surface area contributed by atoms with Crippen LogP contribution in [0.5, 0.6) is 0 Å². The number of rotatable bonds is 3. The highest BCUT2D eigenvalue weighted by molar-refractivity contribution is 5.36. The third-order valence-electron chi connectivity index (χ3n) is 2.26. The van der Waals surface area contributed by atoms with Crippen LogP contribution in [0.3, 0.4) is 0 Å².